The molecule has 1 saturated heterocycles. The first kappa shape index (κ1) is 26.0. The first-order valence-corrected chi connectivity index (χ1v) is 13.6. The van der Waals surface area contributed by atoms with Gasteiger partial charge < -0.3 is 24.2 Å². The molecule has 2 aliphatic rings. The molecule has 38 heavy (non-hydrogen) atoms. The second-order valence-corrected chi connectivity index (χ2v) is 10.5. The Kier molecular flexibility index (Phi) is 8.37. The van der Waals surface area contributed by atoms with Crippen molar-refractivity contribution < 1.29 is 24.1 Å². The summed E-state index contributed by atoms with van der Waals surface area (Å²) in [6.07, 6.45) is 4.48. The lowest BCUT2D eigenvalue weighted by molar-refractivity contribution is -0.137. The highest BCUT2D eigenvalue weighted by Crippen LogP contribution is 2.45. The van der Waals surface area contributed by atoms with E-state index in [2.05, 4.69) is 23.1 Å². The maximum Gasteiger partial charge on any atom is 0.303 e. The van der Waals surface area contributed by atoms with Gasteiger partial charge in [-0.15, -0.1) is 0 Å². The summed E-state index contributed by atoms with van der Waals surface area (Å²) in [5.41, 5.74) is 3.29. The van der Waals surface area contributed by atoms with Gasteiger partial charge in [0.1, 0.15) is 23.9 Å². The van der Waals surface area contributed by atoms with Crippen LogP contribution in [0.5, 0.6) is 17.2 Å². The number of rotatable bonds is 12. The fourth-order valence-corrected chi connectivity index (χ4v) is 5.36. The minimum atomic E-state index is -0.732. The third kappa shape index (κ3) is 6.80. The second kappa shape index (κ2) is 12.2. The number of anilines is 1. The molecule has 6 nitrogen and oxygen atoms in total. The summed E-state index contributed by atoms with van der Waals surface area (Å²) in [7, 11) is 1.69. The van der Waals surface area contributed by atoms with E-state index in [9.17, 15) is 9.90 Å². The fraction of sp³-hybridized carbons (Fsp3) is 0.406. The predicted octanol–water partition coefficient (Wildman–Crippen LogP) is 6.54. The highest BCUT2D eigenvalue weighted by molar-refractivity contribution is 5.68. The van der Waals surface area contributed by atoms with Gasteiger partial charge in [0.05, 0.1) is 25.8 Å². The summed E-state index contributed by atoms with van der Waals surface area (Å²) in [5.74, 6) is 2.84. The molecule has 1 atom stereocenters. The summed E-state index contributed by atoms with van der Waals surface area (Å²) >= 11 is 0. The van der Waals surface area contributed by atoms with Gasteiger partial charge in [0.2, 0.25) is 0 Å². The van der Waals surface area contributed by atoms with E-state index in [1.54, 1.807) is 7.11 Å². The minimum Gasteiger partial charge on any atom is -0.497 e. The van der Waals surface area contributed by atoms with Crippen LogP contribution in [0, 0.1) is 11.8 Å². The van der Waals surface area contributed by atoms with Crippen LogP contribution in [0.4, 0.5) is 5.69 Å². The van der Waals surface area contributed by atoms with E-state index in [0.717, 1.165) is 72.8 Å². The fourth-order valence-electron chi connectivity index (χ4n) is 5.36. The number of piperidine rings is 1. The zero-order valence-corrected chi connectivity index (χ0v) is 22.1. The first-order valence-electron chi connectivity index (χ1n) is 13.6. The smallest absolute Gasteiger partial charge is 0.303 e. The minimum absolute atomic E-state index is 0.0838. The average molecular weight is 516 g/mol. The van der Waals surface area contributed by atoms with Gasteiger partial charge in [-0.2, -0.15) is 0 Å². The van der Waals surface area contributed by atoms with Crippen molar-refractivity contribution in [2.75, 3.05) is 31.7 Å². The molecule has 1 heterocycles. The van der Waals surface area contributed by atoms with Crippen molar-refractivity contribution >= 4 is 11.7 Å². The summed E-state index contributed by atoms with van der Waals surface area (Å²) < 4.78 is 17.9. The number of carbonyl (C=O) groups is 1. The normalized spacial score (nSPS) is 16.6. The van der Waals surface area contributed by atoms with Gasteiger partial charge in [0, 0.05) is 19.2 Å². The predicted molar refractivity (Wildman–Crippen MR) is 148 cm³/mol. The Morgan fingerprint density at radius 1 is 0.921 bits per heavy atom. The first-order chi connectivity index (χ1) is 18.6. The average Bonchev–Trinajstić information content (AvgIpc) is 3.80. The van der Waals surface area contributed by atoms with E-state index in [0.29, 0.717) is 25.0 Å². The highest BCUT2D eigenvalue weighted by atomic mass is 16.5. The lowest BCUT2D eigenvalue weighted by Crippen LogP contribution is -2.35. The van der Waals surface area contributed by atoms with Crippen molar-refractivity contribution in [3.63, 3.8) is 0 Å². The number of nitrogens with zero attached hydrogens (tertiary/aromatic N) is 1. The molecule has 0 spiro atoms. The molecule has 0 radical (unpaired) electrons. The van der Waals surface area contributed by atoms with Gasteiger partial charge in [-0.05, 0) is 78.8 Å². The van der Waals surface area contributed by atoms with E-state index in [1.807, 2.05) is 54.6 Å². The molecule has 2 fully saturated rings. The summed E-state index contributed by atoms with van der Waals surface area (Å²) in [6.45, 7) is 3.04. The van der Waals surface area contributed by atoms with E-state index >= 15 is 0 Å². The Labute approximate surface area is 225 Å². The molecule has 200 valence electrons. The van der Waals surface area contributed by atoms with Gasteiger partial charge in [-0.25, -0.2) is 0 Å². The topological polar surface area (TPSA) is 68.2 Å². The number of benzene rings is 3. The standard InChI is InChI=1S/C32H37NO5/c1-36-27-12-13-31(38-22-23-6-3-2-4-7-23)30(19-27)33-16-14-24(15-17-33)21-37-28-9-5-8-26(18-28)29(20-32(34)35)25-10-11-25/h2-9,12-13,18-19,24-25,29H,10-11,14-17,20-22H2,1H3,(H,34,35). The monoisotopic (exact) mass is 515 g/mol. The number of methoxy groups -OCH3 is 1. The van der Waals surface area contributed by atoms with Crippen molar-refractivity contribution in [3.8, 4) is 17.2 Å². The van der Waals surface area contributed by atoms with E-state index in [1.165, 1.54) is 0 Å². The number of hydrogen-bond donors (Lipinski definition) is 1. The van der Waals surface area contributed by atoms with Crippen molar-refractivity contribution in [3.05, 3.63) is 83.9 Å². The molecular formula is C32H37NO5. The summed E-state index contributed by atoms with van der Waals surface area (Å²) in [4.78, 5) is 13.8. The van der Waals surface area contributed by atoms with Crippen LogP contribution >= 0.6 is 0 Å². The number of ether oxygens (including phenoxy) is 3. The molecule has 1 unspecified atom stereocenters. The lowest BCUT2D eigenvalue weighted by atomic mass is 9.91. The molecule has 1 N–H and O–H groups in total. The van der Waals surface area contributed by atoms with Gasteiger partial charge in [-0.1, -0.05) is 42.5 Å². The zero-order valence-electron chi connectivity index (χ0n) is 22.1. The van der Waals surface area contributed by atoms with Crippen molar-refractivity contribution in [1.82, 2.24) is 0 Å². The van der Waals surface area contributed by atoms with Crippen LogP contribution in [0.2, 0.25) is 0 Å². The molecular weight excluding hydrogens is 478 g/mol. The van der Waals surface area contributed by atoms with Crippen LogP contribution in [0.25, 0.3) is 0 Å². The van der Waals surface area contributed by atoms with Gasteiger partial charge in [-0.3, -0.25) is 4.79 Å². The number of carboxylic acids is 1. The number of hydrogen-bond acceptors (Lipinski definition) is 5. The number of aliphatic carboxylic acids is 1. The molecule has 0 bridgehead atoms. The Morgan fingerprint density at radius 3 is 2.42 bits per heavy atom. The zero-order chi connectivity index (χ0) is 26.3. The largest absolute Gasteiger partial charge is 0.497 e. The van der Waals surface area contributed by atoms with Crippen molar-refractivity contribution in [2.24, 2.45) is 11.8 Å². The van der Waals surface area contributed by atoms with Gasteiger partial charge in [0.15, 0.2) is 0 Å². The lowest BCUT2D eigenvalue weighted by Gasteiger charge is -2.34. The second-order valence-electron chi connectivity index (χ2n) is 10.5. The van der Waals surface area contributed by atoms with Crippen LogP contribution in [-0.4, -0.2) is 37.9 Å². The quantitative estimate of drug-likeness (QED) is 0.295. The van der Waals surface area contributed by atoms with Crippen LogP contribution in [0.15, 0.2) is 72.8 Å². The highest BCUT2D eigenvalue weighted by Gasteiger charge is 2.34. The van der Waals surface area contributed by atoms with E-state index in [-0.39, 0.29) is 12.3 Å². The molecule has 3 aromatic carbocycles. The Hall–Kier alpha value is -3.67. The van der Waals surface area contributed by atoms with Gasteiger partial charge >= 0.3 is 5.97 Å². The molecule has 1 aliphatic carbocycles. The van der Waals surface area contributed by atoms with E-state index in [4.69, 9.17) is 14.2 Å². The SMILES string of the molecule is COc1ccc(OCc2ccccc2)c(N2CCC(COc3cccc(C(CC(=O)O)C4CC4)c3)CC2)c1. The molecule has 6 heteroatoms. The number of carboxylic acid groups (broad SMARTS) is 1. The molecule has 1 aliphatic heterocycles. The third-order valence-electron chi connectivity index (χ3n) is 7.72. The van der Waals surface area contributed by atoms with Crippen molar-refractivity contribution in [2.45, 2.75) is 44.6 Å². The van der Waals surface area contributed by atoms with Gasteiger partial charge in [0.25, 0.3) is 0 Å². The maximum atomic E-state index is 11.4. The summed E-state index contributed by atoms with van der Waals surface area (Å²) in [6, 6.07) is 24.3. The molecule has 1 saturated carbocycles. The van der Waals surface area contributed by atoms with E-state index < -0.39 is 5.97 Å². The van der Waals surface area contributed by atoms with Crippen LogP contribution in [0.1, 0.15) is 49.1 Å². The summed E-state index contributed by atoms with van der Waals surface area (Å²) in [5, 5.41) is 9.35. The van der Waals surface area contributed by atoms with Crippen LogP contribution in [0.3, 0.4) is 0 Å². The third-order valence-corrected chi connectivity index (χ3v) is 7.72. The Balaban J connectivity index is 1.17. The maximum absolute atomic E-state index is 11.4. The molecule has 3 aromatic rings. The molecule has 0 amide bonds. The molecule has 5 rings (SSSR count). The Morgan fingerprint density at radius 2 is 1.71 bits per heavy atom. The van der Waals surface area contributed by atoms with Crippen LogP contribution < -0.4 is 19.1 Å². The van der Waals surface area contributed by atoms with Crippen LogP contribution in [-0.2, 0) is 11.4 Å². The Bertz CT molecular complexity index is 1200. The van der Waals surface area contributed by atoms with Crippen molar-refractivity contribution in [1.29, 1.82) is 0 Å². The molecule has 0 aromatic heterocycles.